The lowest BCUT2D eigenvalue weighted by Gasteiger charge is -2.22. The molecule has 0 aliphatic heterocycles. The number of aromatic nitrogens is 3. The lowest BCUT2D eigenvalue weighted by atomic mass is 9.90. The van der Waals surface area contributed by atoms with Crippen LogP contribution in [0, 0.1) is 22.6 Å². The molecular formula is C31H32FN7O2S. The number of esters is 1. The van der Waals surface area contributed by atoms with E-state index in [4.69, 9.17) is 14.7 Å². The van der Waals surface area contributed by atoms with Gasteiger partial charge in [-0.3, -0.25) is 19.2 Å². The summed E-state index contributed by atoms with van der Waals surface area (Å²) in [5.41, 5.74) is 3.68. The molecule has 0 unspecified atom stereocenters. The van der Waals surface area contributed by atoms with E-state index < -0.39 is 11.4 Å². The number of halogens is 1. The summed E-state index contributed by atoms with van der Waals surface area (Å²) in [7, 11) is 1.88. The molecule has 0 amide bonds. The fraction of sp³-hybridized carbons (Fsp3) is 0.290. The maximum Gasteiger partial charge on any atom is 0.317 e. The number of nitriles is 1. The van der Waals surface area contributed by atoms with Gasteiger partial charge in [0.1, 0.15) is 39.3 Å². The van der Waals surface area contributed by atoms with E-state index in [1.165, 1.54) is 29.7 Å². The van der Waals surface area contributed by atoms with Crippen molar-refractivity contribution in [2.45, 2.75) is 41.0 Å². The van der Waals surface area contributed by atoms with Gasteiger partial charge < -0.3 is 9.64 Å². The van der Waals surface area contributed by atoms with E-state index in [0.29, 0.717) is 39.1 Å². The number of imidazole rings is 1. The first-order chi connectivity index (χ1) is 20.0. The van der Waals surface area contributed by atoms with Crippen LogP contribution in [-0.4, -0.2) is 46.4 Å². The second kappa shape index (κ2) is 12.4. The van der Waals surface area contributed by atoms with E-state index in [0.717, 1.165) is 22.7 Å². The highest BCUT2D eigenvalue weighted by molar-refractivity contribution is 7.16. The summed E-state index contributed by atoms with van der Waals surface area (Å²) < 4.78 is 20.7. The zero-order valence-electron chi connectivity index (χ0n) is 24.5. The van der Waals surface area contributed by atoms with Gasteiger partial charge in [0.2, 0.25) is 0 Å². The number of aliphatic imine (C=N–C) groups is 2. The number of pyridine rings is 1. The van der Waals surface area contributed by atoms with Gasteiger partial charge in [-0.05, 0) is 77.2 Å². The molecule has 0 aliphatic carbocycles. The number of carbonyl (C=O) groups excluding carboxylic acids is 1. The van der Waals surface area contributed by atoms with Crippen molar-refractivity contribution in [2.24, 2.45) is 15.4 Å². The van der Waals surface area contributed by atoms with E-state index in [9.17, 15) is 14.4 Å². The molecular weight excluding hydrogens is 553 g/mol. The van der Waals surface area contributed by atoms with Crippen LogP contribution in [-0.2, 0) is 16.0 Å². The van der Waals surface area contributed by atoms with Crippen molar-refractivity contribution in [3.05, 3.63) is 76.4 Å². The molecule has 0 radical (unpaired) electrons. The third-order valence-corrected chi connectivity index (χ3v) is 7.87. The number of fused-ring (bicyclic) bond motifs is 1. The smallest absolute Gasteiger partial charge is 0.317 e. The molecule has 0 fully saturated rings. The zero-order chi connectivity index (χ0) is 30.6. The summed E-state index contributed by atoms with van der Waals surface area (Å²) in [5, 5.41) is 10.4. The minimum absolute atomic E-state index is 0.267. The number of nitrogens with zero attached hydrogens (tertiary/aromatic N) is 7. The van der Waals surface area contributed by atoms with Crippen LogP contribution in [0.1, 0.15) is 50.8 Å². The van der Waals surface area contributed by atoms with E-state index in [2.05, 4.69) is 22.8 Å². The predicted octanol–water partition coefficient (Wildman–Crippen LogP) is 6.74. The molecule has 1 aromatic carbocycles. The molecule has 3 aromatic heterocycles. The van der Waals surface area contributed by atoms with Crippen molar-refractivity contribution < 1.29 is 13.9 Å². The zero-order valence-corrected chi connectivity index (χ0v) is 25.3. The first-order valence-electron chi connectivity index (χ1n) is 13.4. The molecule has 3 heterocycles. The van der Waals surface area contributed by atoms with Gasteiger partial charge in [0.05, 0.1) is 18.0 Å². The number of thiazole rings is 1. The lowest BCUT2D eigenvalue weighted by molar-refractivity contribution is -0.151. The van der Waals surface area contributed by atoms with Gasteiger partial charge >= 0.3 is 5.97 Å². The number of benzene rings is 1. The van der Waals surface area contributed by atoms with Crippen LogP contribution in [0.15, 0.2) is 64.5 Å². The van der Waals surface area contributed by atoms with Gasteiger partial charge in [0, 0.05) is 36.3 Å². The molecule has 11 heteroatoms. The Morgan fingerprint density at radius 1 is 1.24 bits per heavy atom. The van der Waals surface area contributed by atoms with Gasteiger partial charge in [-0.15, -0.1) is 0 Å². The molecule has 0 spiro atoms. The average Bonchev–Trinajstić information content (AvgIpc) is 3.58. The standard InChI is InChI=1S/C31H32FN7O2S/c1-8-23-28(38(7)30-37-27(24(16-33)42-30)20-10-13-22(32)14-11-20)39-18-21(12-15-26(39)36-23)19(3)35-17-25(34-6)31(4,5)29(40)41-9-2/h10-15,17-18H,6,8-9H2,1-5,7H3/b25-17-,35-19+. The highest BCUT2D eigenvalue weighted by Gasteiger charge is 2.33. The Balaban J connectivity index is 1.75. The monoisotopic (exact) mass is 585 g/mol. The number of hydrogen-bond donors (Lipinski definition) is 0. The van der Waals surface area contributed by atoms with Gasteiger partial charge in [0.15, 0.2) is 5.13 Å². The Kier molecular flexibility index (Phi) is 8.97. The molecule has 9 nitrogen and oxygen atoms in total. The van der Waals surface area contributed by atoms with Crippen molar-refractivity contribution in [3.63, 3.8) is 0 Å². The van der Waals surface area contributed by atoms with Crippen molar-refractivity contribution in [2.75, 3.05) is 18.6 Å². The van der Waals surface area contributed by atoms with Crippen LogP contribution >= 0.6 is 11.3 Å². The van der Waals surface area contributed by atoms with E-state index in [1.807, 2.05) is 48.5 Å². The Morgan fingerprint density at radius 2 is 1.95 bits per heavy atom. The van der Waals surface area contributed by atoms with E-state index in [1.54, 1.807) is 32.9 Å². The fourth-order valence-corrected chi connectivity index (χ4v) is 5.21. The van der Waals surface area contributed by atoms with Crippen LogP contribution in [0.3, 0.4) is 0 Å². The van der Waals surface area contributed by atoms with Gasteiger partial charge in [-0.25, -0.2) is 14.4 Å². The summed E-state index contributed by atoms with van der Waals surface area (Å²) in [4.78, 5) is 33.0. The molecule has 42 heavy (non-hydrogen) atoms. The summed E-state index contributed by atoms with van der Waals surface area (Å²) in [6.07, 6.45) is 4.15. The number of hydrogen-bond acceptors (Lipinski definition) is 9. The molecule has 4 aromatic rings. The lowest BCUT2D eigenvalue weighted by Crippen LogP contribution is -2.28. The Morgan fingerprint density at radius 3 is 2.57 bits per heavy atom. The van der Waals surface area contributed by atoms with Crippen molar-refractivity contribution in [1.29, 1.82) is 5.26 Å². The topological polar surface area (TPSA) is 108 Å². The Bertz CT molecular complexity index is 1740. The number of rotatable bonds is 10. The maximum absolute atomic E-state index is 13.5. The van der Waals surface area contributed by atoms with E-state index in [-0.39, 0.29) is 12.4 Å². The molecule has 0 atom stereocenters. The quantitative estimate of drug-likeness (QED) is 0.151. The summed E-state index contributed by atoms with van der Waals surface area (Å²) in [5.74, 6) is 0.0480. The molecule has 0 saturated heterocycles. The predicted molar refractivity (Wildman–Crippen MR) is 165 cm³/mol. The molecule has 0 N–H and O–H groups in total. The maximum atomic E-state index is 13.5. The SMILES string of the molecule is C=N/C(=C\N=C(/C)c1ccc2nc(CC)c(N(C)c3nc(-c4ccc(F)cc4)c(C#N)s3)n2c1)C(C)(C)C(=O)OCC. The highest BCUT2D eigenvalue weighted by Crippen LogP contribution is 2.37. The van der Waals surface area contributed by atoms with Crippen LogP contribution < -0.4 is 4.90 Å². The summed E-state index contributed by atoms with van der Waals surface area (Å²) in [6.45, 7) is 13.0. The first kappa shape index (κ1) is 30.3. The highest BCUT2D eigenvalue weighted by atomic mass is 32.1. The van der Waals surface area contributed by atoms with Crippen LogP contribution in [0.2, 0.25) is 0 Å². The van der Waals surface area contributed by atoms with Crippen molar-refractivity contribution in [3.8, 4) is 17.3 Å². The van der Waals surface area contributed by atoms with Crippen LogP contribution in [0.25, 0.3) is 16.9 Å². The third-order valence-electron chi connectivity index (χ3n) is 6.83. The molecule has 216 valence electrons. The summed E-state index contributed by atoms with van der Waals surface area (Å²) >= 11 is 1.26. The van der Waals surface area contributed by atoms with Crippen LogP contribution in [0.4, 0.5) is 15.3 Å². The second-order valence-electron chi connectivity index (χ2n) is 9.97. The first-order valence-corrected chi connectivity index (χ1v) is 14.2. The number of ether oxygens (including phenoxy) is 1. The second-order valence-corrected chi connectivity index (χ2v) is 10.9. The van der Waals surface area contributed by atoms with Crippen molar-refractivity contribution in [1.82, 2.24) is 14.4 Å². The normalized spacial score (nSPS) is 12.3. The minimum Gasteiger partial charge on any atom is -0.465 e. The van der Waals surface area contributed by atoms with Gasteiger partial charge in [-0.1, -0.05) is 18.3 Å². The fourth-order valence-electron chi connectivity index (χ4n) is 4.36. The average molecular weight is 586 g/mol. The van der Waals surface area contributed by atoms with E-state index >= 15 is 0 Å². The largest absolute Gasteiger partial charge is 0.465 e. The third kappa shape index (κ3) is 5.85. The Hall–Kier alpha value is -4.69. The van der Waals surface area contributed by atoms with Crippen LogP contribution in [0.5, 0.6) is 0 Å². The number of carbonyl (C=O) groups is 1. The number of aryl methyl sites for hydroxylation is 1. The van der Waals surface area contributed by atoms with Crippen molar-refractivity contribution >= 4 is 46.3 Å². The molecule has 4 rings (SSSR count). The van der Waals surface area contributed by atoms with Gasteiger partial charge in [0.25, 0.3) is 0 Å². The Labute approximate surface area is 248 Å². The number of anilines is 2. The molecule has 0 saturated carbocycles. The van der Waals surface area contributed by atoms with Gasteiger partial charge in [-0.2, -0.15) is 5.26 Å². The molecule has 0 aliphatic rings. The summed E-state index contributed by atoms with van der Waals surface area (Å²) in [6, 6.07) is 12.0. The minimum atomic E-state index is -1.01. The molecule has 0 bridgehead atoms.